The molecule has 0 spiro atoms. The van der Waals surface area contributed by atoms with Crippen molar-refractivity contribution < 1.29 is 27.6 Å². The number of aromatic nitrogens is 3. The van der Waals surface area contributed by atoms with E-state index in [1.54, 1.807) is 45.6 Å². The van der Waals surface area contributed by atoms with Crippen LogP contribution >= 0.6 is 0 Å². The second-order valence-corrected chi connectivity index (χ2v) is 13.5. The number of pyridine rings is 1. The van der Waals surface area contributed by atoms with E-state index in [0.717, 1.165) is 16.8 Å². The number of aliphatic hydroxyl groups excluding tert-OH is 1. The Hall–Kier alpha value is -3.48. The lowest BCUT2D eigenvalue weighted by Crippen LogP contribution is -2.53. The minimum atomic E-state index is -1.58. The molecule has 7 rings (SSSR count). The Morgan fingerprint density at radius 2 is 1.95 bits per heavy atom. The molecule has 0 radical (unpaired) electrons. The molecular weight excluding hydrogens is 576 g/mol. The zero-order chi connectivity index (χ0) is 29.7. The zero-order valence-electron chi connectivity index (χ0n) is 23.6. The molecule has 4 heterocycles. The topological polar surface area (TPSA) is 101 Å². The number of esters is 1. The maximum Gasteiger partial charge on any atom is 0.317 e. The van der Waals surface area contributed by atoms with E-state index in [-0.39, 0.29) is 37.0 Å². The molecule has 4 aliphatic rings. The van der Waals surface area contributed by atoms with Crippen LogP contribution in [0.5, 0.6) is 0 Å². The predicted molar refractivity (Wildman–Crippen MR) is 156 cm³/mol. The summed E-state index contributed by atoms with van der Waals surface area (Å²) in [7, 11) is -1.58. The number of alkyl halides is 1. The zero-order valence-corrected chi connectivity index (χ0v) is 24.4. The number of rotatable bonds is 7. The number of fused-ring (bicyclic) bond motifs is 2. The van der Waals surface area contributed by atoms with E-state index in [4.69, 9.17) is 4.74 Å². The van der Waals surface area contributed by atoms with E-state index in [9.17, 15) is 22.9 Å². The van der Waals surface area contributed by atoms with Gasteiger partial charge < -0.3 is 14.7 Å². The molecule has 2 saturated heterocycles. The van der Waals surface area contributed by atoms with Gasteiger partial charge in [0.1, 0.15) is 34.2 Å². The molecule has 3 aromatic rings. The van der Waals surface area contributed by atoms with Crippen LogP contribution in [0.15, 0.2) is 59.3 Å². The summed E-state index contributed by atoms with van der Waals surface area (Å²) in [5.74, 6) is 0.0811. The lowest BCUT2D eigenvalue weighted by molar-refractivity contribution is -0.158. The first kappa shape index (κ1) is 28.3. The number of carbonyl (C=O) groups excluding carboxylic acids is 1. The Balaban J connectivity index is 1.16. The smallest absolute Gasteiger partial charge is 0.317 e. The van der Waals surface area contributed by atoms with Gasteiger partial charge in [0.25, 0.3) is 0 Å². The number of anilines is 1. The number of hydrogen-bond acceptors (Lipinski definition) is 7. The minimum Gasteiger partial charge on any atom is -0.465 e. The van der Waals surface area contributed by atoms with Crippen molar-refractivity contribution in [1.29, 1.82) is 0 Å². The highest BCUT2D eigenvalue weighted by Gasteiger charge is 2.51. The number of halogens is 2. The van der Waals surface area contributed by atoms with Gasteiger partial charge in [0.2, 0.25) is 0 Å². The van der Waals surface area contributed by atoms with Crippen molar-refractivity contribution in [1.82, 2.24) is 19.1 Å². The van der Waals surface area contributed by atoms with Crippen molar-refractivity contribution in [3.8, 4) is 5.69 Å². The van der Waals surface area contributed by atoms with Crippen molar-refractivity contribution in [3.05, 3.63) is 71.4 Å². The fraction of sp³-hybridized carbons (Fsp3) is 0.452. The number of piperidine rings is 1. The molecule has 2 aromatic heterocycles. The highest BCUT2D eigenvalue weighted by atomic mass is 32.2. The molecule has 3 atom stereocenters. The average molecular weight is 610 g/mol. The second-order valence-electron chi connectivity index (χ2n) is 12.0. The molecule has 1 saturated carbocycles. The fourth-order valence-corrected chi connectivity index (χ4v) is 7.84. The van der Waals surface area contributed by atoms with Crippen LogP contribution in [0, 0.1) is 17.2 Å². The molecule has 226 valence electrons. The van der Waals surface area contributed by atoms with E-state index in [1.165, 1.54) is 12.1 Å². The molecule has 3 fully saturated rings. The van der Waals surface area contributed by atoms with Gasteiger partial charge >= 0.3 is 5.97 Å². The van der Waals surface area contributed by atoms with Gasteiger partial charge in [-0.05, 0) is 91.6 Å². The number of ether oxygens (including phenoxy) is 1. The number of hydrogen-bond donors (Lipinski definition) is 1. The molecule has 0 bridgehead atoms. The van der Waals surface area contributed by atoms with Crippen LogP contribution in [-0.2, 0) is 26.9 Å². The number of carbonyl (C=O) groups is 1. The van der Waals surface area contributed by atoms with Gasteiger partial charge in [-0.1, -0.05) is 0 Å². The molecule has 3 unspecified atom stereocenters. The van der Waals surface area contributed by atoms with E-state index < -0.39 is 22.6 Å². The normalized spacial score (nSPS) is 27.6. The minimum absolute atomic E-state index is 0.129. The maximum atomic E-state index is 14.0. The third-order valence-electron chi connectivity index (χ3n) is 9.12. The van der Waals surface area contributed by atoms with E-state index in [1.807, 2.05) is 11.0 Å². The SMILES string of the molecule is O=C(OCC1CC(O)C1)C12Cc3cnn(-c4ccc(F)cc4)c3C=C1CCN(S(=O)c1ccc(N3CCC(F)C3)nc1)C2. The van der Waals surface area contributed by atoms with Crippen LogP contribution in [0.4, 0.5) is 14.6 Å². The maximum absolute atomic E-state index is 14.0. The third kappa shape index (κ3) is 5.29. The summed E-state index contributed by atoms with van der Waals surface area (Å²) < 4.78 is 50.5. The van der Waals surface area contributed by atoms with Crippen LogP contribution < -0.4 is 4.90 Å². The Morgan fingerprint density at radius 3 is 2.65 bits per heavy atom. The standard InChI is InChI=1S/C31H33F2N5O4S/c32-23-1-3-25(4-2-23)38-28-13-22-7-10-37(43(41)27-5-6-29(34-16-27)36-9-8-24(33)17-36)19-31(22,14-21(28)15-35-38)30(40)42-18-20-11-26(39)12-20/h1-6,13,15-16,20,24,26,39H,7-12,14,17-19H2. The first-order valence-electron chi connectivity index (χ1n) is 14.7. The van der Waals surface area contributed by atoms with Crippen molar-refractivity contribution in [2.45, 2.75) is 49.3 Å². The van der Waals surface area contributed by atoms with Crippen molar-refractivity contribution in [2.24, 2.45) is 11.3 Å². The molecule has 2 aliphatic heterocycles. The number of nitrogens with zero attached hydrogens (tertiary/aromatic N) is 5. The summed E-state index contributed by atoms with van der Waals surface area (Å²) in [5.41, 5.74) is 2.22. The molecule has 0 amide bonds. The van der Waals surface area contributed by atoms with Gasteiger partial charge in [-0.2, -0.15) is 5.10 Å². The predicted octanol–water partition coefficient (Wildman–Crippen LogP) is 3.62. The summed E-state index contributed by atoms with van der Waals surface area (Å²) >= 11 is 0. The Bertz CT molecular complexity index is 1570. The van der Waals surface area contributed by atoms with Gasteiger partial charge in [0.15, 0.2) is 0 Å². The molecule has 1 aromatic carbocycles. The average Bonchev–Trinajstić information content (AvgIpc) is 3.63. The summed E-state index contributed by atoms with van der Waals surface area (Å²) in [4.78, 5) is 20.8. The van der Waals surface area contributed by atoms with Gasteiger partial charge in [-0.25, -0.2) is 27.0 Å². The Kier molecular flexibility index (Phi) is 7.38. The summed E-state index contributed by atoms with van der Waals surface area (Å²) in [6.07, 6.45) is 6.58. The lowest BCUT2D eigenvalue weighted by atomic mass is 9.68. The van der Waals surface area contributed by atoms with Crippen molar-refractivity contribution in [3.63, 3.8) is 0 Å². The molecule has 2 aliphatic carbocycles. The summed E-state index contributed by atoms with van der Waals surface area (Å²) in [6, 6.07) is 9.62. The van der Waals surface area contributed by atoms with Gasteiger partial charge in [0.05, 0.1) is 41.7 Å². The van der Waals surface area contributed by atoms with Crippen molar-refractivity contribution >= 4 is 28.8 Å². The van der Waals surface area contributed by atoms with Gasteiger partial charge in [-0.3, -0.25) is 4.79 Å². The Labute approximate surface area is 250 Å². The largest absolute Gasteiger partial charge is 0.465 e. The lowest BCUT2D eigenvalue weighted by Gasteiger charge is -2.44. The third-order valence-corrected chi connectivity index (χ3v) is 10.5. The second kappa shape index (κ2) is 11.2. The van der Waals surface area contributed by atoms with Crippen LogP contribution in [0.2, 0.25) is 0 Å². The monoisotopic (exact) mass is 609 g/mol. The summed E-state index contributed by atoms with van der Waals surface area (Å²) in [5, 5.41) is 14.2. The number of benzene rings is 1. The van der Waals surface area contributed by atoms with E-state index in [0.29, 0.717) is 68.1 Å². The molecule has 43 heavy (non-hydrogen) atoms. The van der Waals surface area contributed by atoms with Gasteiger partial charge in [0, 0.05) is 25.8 Å². The van der Waals surface area contributed by atoms with Crippen LogP contribution in [-0.4, -0.2) is 79.4 Å². The van der Waals surface area contributed by atoms with Crippen LogP contribution in [0.1, 0.15) is 36.9 Å². The summed E-state index contributed by atoms with van der Waals surface area (Å²) in [6.45, 7) is 1.79. The quantitative estimate of drug-likeness (QED) is 0.409. The highest BCUT2D eigenvalue weighted by molar-refractivity contribution is 7.82. The number of aliphatic hydroxyl groups is 1. The van der Waals surface area contributed by atoms with Gasteiger partial charge in [-0.15, -0.1) is 0 Å². The first-order chi connectivity index (χ1) is 20.8. The fourth-order valence-electron chi connectivity index (χ4n) is 6.62. The van der Waals surface area contributed by atoms with E-state index in [2.05, 4.69) is 10.1 Å². The Morgan fingerprint density at radius 1 is 1.14 bits per heavy atom. The van der Waals surface area contributed by atoms with Crippen molar-refractivity contribution in [2.75, 3.05) is 37.7 Å². The first-order valence-corrected chi connectivity index (χ1v) is 15.8. The van der Waals surface area contributed by atoms with Crippen LogP contribution in [0.25, 0.3) is 11.8 Å². The molecular formula is C31H33F2N5O4S. The molecule has 9 nitrogen and oxygen atoms in total. The van der Waals surface area contributed by atoms with E-state index >= 15 is 0 Å². The van der Waals surface area contributed by atoms with Crippen LogP contribution in [0.3, 0.4) is 0 Å². The molecule has 1 N–H and O–H groups in total. The molecule has 12 heteroatoms. The highest BCUT2D eigenvalue weighted by Crippen LogP contribution is 2.46.